The Kier molecular flexibility index (Phi) is 7.36. The fourth-order valence-electron chi connectivity index (χ4n) is 3.43. The van der Waals surface area contributed by atoms with Crippen LogP contribution in [0.5, 0.6) is 0 Å². The van der Waals surface area contributed by atoms with Gasteiger partial charge in [-0.2, -0.15) is 0 Å². The van der Waals surface area contributed by atoms with Gasteiger partial charge in [0.05, 0.1) is 12.0 Å². The monoisotopic (exact) mass is 506 g/mol. The molecule has 3 aromatic carbocycles. The molecule has 1 heterocycles. The number of nitrogens with one attached hydrogen (secondary N) is 1. The predicted molar refractivity (Wildman–Crippen MR) is 136 cm³/mol. The van der Waals surface area contributed by atoms with Crippen LogP contribution in [0, 0.1) is 0 Å². The highest BCUT2D eigenvalue weighted by Gasteiger charge is 2.41. The van der Waals surface area contributed by atoms with Crippen LogP contribution in [0.1, 0.15) is 16.9 Å². The van der Waals surface area contributed by atoms with Crippen molar-refractivity contribution in [1.29, 1.82) is 0 Å². The number of carbonyl (C=O) groups is 2. The number of hydrogen-bond donors (Lipinski definition) is 2. The van der Waals surface area contributed by atoms with Crippen LogP contribution in [0.4, 0.5) is 5.69 Å². The van der Waals surface area contributed by atoms with Gasteiger partial charge in [0, 0.05) is 16.1 Å². The minimum Gasteiger partial charge on any atom is -0.465 e. The zero-order valence-electron chi connectivity index (χ0n) is 18.3. The molecule has 0 radical (unpaired) electrons. The van der Waals surface area contributed by atoms with E-state index in [1.807, 2.05) is 0 Å². The maximum atomic E-state index is 13.7. The van der Waals surface area contributed by atoms with Crippen LogP contribution in [0.2, 0.25) is 10.0 Å². The van der Waals surface area contributed by atoms with Crippen molar-refractivity contribution in [1.82, 2.24) is 5.43 Å². The van der Waals surface area contributed by atoms with Gasteiger partial charge in [0.25, 0.3) is 11.8 Å². The summed E-state index contributed by atoms with van der Waals surface area (Å²) < 4.78 is 5.23. The first-order valence-electron chi connectivity index (χ1n) is 10.5. The lowest BCUT2D eigenvalue weighted by molar-refractivity contribution is -0.138. The van der Waals surface area contributed by atoms with E-state index in [-0.39, 0.29) is 11.1 Å². The summed E-state index contributed by atoms with van der Waals surface area (Å²) in [5, 5.41) is 13.7. The van der Waals surface area contributed by atoms with Gasteiger partial charge in [0.15, 0.2) is 5.60 Å². The molecule has 0 saturated heterocycles. The average Bonchev–Trinajstić information content (AvgIpc) is 3.40. The van der Waals surface area contributed by atoms with E-state index in [9.17, 15) is 14.7 Å². The number of amides is 2. The molecule has 0 aliphatic heterocycles. The van der Waals surface area contributed by atoms with Gasteiger partial charge in [0.2, 0.25) is 0 Å². The topological polar surface area (TPSA) is 82.8 Å². The van der Waals surface area contributed by atoms with Crippen molar-refractivity contribution in [2.45, 2.75) is 5.60 Å². The van der Waals surface area contributed by atoms with Crippen LogP contribution < -0.4 is 10.4 Å². The summed E-state index contributed by atoms with van der Waals surface area (Å²) in [5.74, 6) is -0.946. The normalized spacial score (nSPS) is 11.4. The van der Waals surface area contributed by atoms with Gasteiger partial charge in [-0.15, -0.1) is 0 Å². The smallest absolute Gasteiger partial charge is 0.280 e. The standard InChI is InChI=1S/C27H20Cl2N2O4/c28-21-12-8-19(9-13-21)27(34,20-10-14-22(29)15-11-20)26(33)30-31(23-5-2-1-3-6-23)25(32)17-16-24-7-4-18-35-24/h1-18,34H,(H,30,33). The maximum absolute atomic E-state index is 13.7. The second kappa shape index (κ2) is 10.6. The number of aliphatic hydroxyl groups is 1. The molecule has 0 fully saturated rings. The van der Waals surface area contributed by atoms with E-state index in [4.69, 9.17) is 27.6 Å². The summed E-state index contributed by atoms with van der Waals surface area (Å²) in [6, 6.07) is 24.4. The van der Waals surface area contributed by atoms with Crippen LogP contribution in [0.3, 0.4) is 0 Å². The number of para-hydroxylation sites is 1. The number of nitrogens with zero attached hydrogens (tertiary/aromatic N) is 1. The molecular formula is C27H20Cl2N2O4. The lowest BCUT2D eigenvalue weighted by atomic mass is 9.85. The Morgan fingerprint density at radius 1 is 0.829 bits per heavy atom. The Morgan fingerprint density at radius 3 is 1.91 bits per heavy atom. The van der Waals surface area contributed by atoms with Crippen molar-refractivity contribution in [3.8, 4) is 0 Å². The van der Waals surface area contributed by atoms with Crippen LogP contribution in [-0.4, -0.2) is 16.9 Å². The number of rotatable bonds is 6. The van der Waals surface area contributed by atoms with E-state index >= 15 is 0 Å². The molecule has 0 aliphatic carbocycles. The Morgan fingerprint density at radius 2 is 1.40 bits per heavy atom. The summed E-state index contributed by atoms with van der Waals surface area (Å²) in [6.07, 6.45) is 4.23. The van der Waals surface area contributed by atoms with E-state index in [1.54, 1.807) is 91.0 Å². The van der Waals surface area contributed by atoms with Crippen molar-refractivity contribution < 1.29 is 19.1 Å². The lowest BCUT2D eigenvalue weighted by Crippen LogP contribution is -2.54. The van der Waals surface area contributed by atoms with Crippen molar-refractivity contribution in [2.24, 2.45) is 0 Å². The molecule has 1 aromatic heterocycles. The van der Waals surface area contributed by atoms with Crippen molar-refractivity contribution in [2.75, 3.05) is 5.01 Å². The fraction of sp³-hybridized carbons (Fsp3) is 0.0370. The summed E-state index contributed by atoms with van der Waals surface area (Å²) >= 11 is 12.0. The van der Waals surface area contributed by atoms with E-state index in [2.05, 4.69) is 5.43 Å². The largest absolute Gasteiger partial charge is 0.465 e. The molecule has 2 amide bonds. The van der Waals surface area contributed by atoms with Gasteiger partial charge in [-0.1, -0.05) is 65.7 Å². The number of hydrazine groups is 1. The summed E-state index contributed by atoms with van der Waals surface area (Å²) in [4.78, 5) is 26.8. The van der Waals surface area contributed by atoms with Crippen molar-refractivity contribution >= 4 is 46.8 Å². The molecule has 8 heteroatoms. The maximum Gasteiger partial charge on any atom is 0.280 e. The van der Waals surface area contributed by atoms with Gasteiger partial charge >= 0.3 is 0 Å². The minimum absolute atomic E-state index is 0.258. The molecule has 2 N–H and O–H groups in total. The van der Waals surface area contributed by atoms with Gasteiger partial charge < -0.3 is 9.52 Å². The number of furan rings is 1. The van der Waals surface area contributed by atoms with Crippen molar-refractivity contribution in [3.63, 3.8) is 0 Å². The molecule has 35 heavy (non-hydrogen) atoms. The average molecular weight is 507 g/mol. The first-order valence-corrected chi connectivity index (χ1v) is 11.3. The third kappa shape index (κ3) is 5.46. The lowest BCUT2D eigenvalue weighted by Gasteiger charge is -2.31. The van der Waals surface area contributed by atoms with Gasteiger partial charge in [-0.3, -0.25) is 15.0 Å². The highest BCUT2D eigenvalue weighted by molar-refractivity contribution is 6.30. The van der Waals surface area contributed by atoms with Gasteiger partial charge in [-0.05, 0) is 65.7 Å². The molecule has 0 aliphatic rings. The number of carbonyl (C=O) groups excluding carboxylic acids is 2. The molecule has 176 valence electrons. The van der Waals surface area contributed by atoms with E-state index in [0.717, 1.165) is 5.01 Å². The molecule has 0 bridgehead atoms. The van der Waals surface area contributed by atoms with E-state index < -0.39 is 17.4 Å². The highest BCUT2D eigenvalue weighted by Crippen LogP contribution is 2.32. The Balaban J connectivity index is 1.73. The Labute approximate surface area is 212 Å². The third-order valence-electron chi connectivity index (χ3n) is 5.23. The molecular weight excluding hydrogens is 487 g/mol. The summed E-state index contributed by atoms with van der Waals surface area (Å²) in [6.45, 7) is 0. The summed E-state index contributed by atoms with van der Waals surface area (Å²) in [7, 11) is 0. The molecule has 0 spiro atoms. The van der Waals surface area contributed by atoms with E-state index in [1.165, 1.54) is 18.4 Å². The predicted octanol–water partition coefficient (Wildman–Crippen LogP) is 5.60. The second-order valence-corrected chi connectivity index (χ2v) is 8.40. The zero-order valence-corrected chi connectivity index (χ0v) is 19.8. The van der Waals surface area contributed by atoms with Crippen molar-refractivity contribution in [3.05, 3.63) is 130 Å². The van der Waals surface area contributed by atoms with Crippen LogP contribution in [0.25, 0.3) is 6.08 Å². The van der Waals surface area contributed by atoms with Crippen LogP contribution in [-0.2, 0) is 15.2 Å². The van der Waals surface area contributed by atoms with Gasteiger partial charge in [0.1, 0.15) is 5.76 Å². The molecule has 0 atom stereocenters. The second-order valence-electron chi connectivity index (χ2n) is 7.52. The van der Waals surface area contributed by atoms with Crippen LogP contribution >= 0.6 is 23.2 Å². The molecule has 4 rings (SSSR count). The number of hydrogen-bond acceptors (Lipinski definition) is 4. The van der Waals surface area contributed by atoms with Crippen LogP contribution in [0.15, 0.2) is 108 Å². The first-order chi connectivity index (χ1) is 16.9. The minimum atomic E-state index is -2.16. The highest BCUT2D eigenvalue weighted by atomic mass is 35.5. The SMILES string of the molecule is O=C(C=Cc1ccco1)N(NC(=O)C(O)(c1ccc(Cl)cc1)c1ccc(Cl)cc1)c1ccccc1. The third-order valence-corrected chi connectivity index (χ3v) is 5.74. The zero-order chi connectivity index (χ0) is 24.8. The van der Waals surface area contributed by atoms with E-state index in [0.29, 0.717) is 21.5 Å². The first kappa shape index (κ1) is 24.3. The summed E-state index contributed by atoms with van der Waals surface area (Å²) in [5.41, 5.74) is 1.33. The fourth-order valence-corrected chi connectivity index (χ4v) is 3.68. The quantitative estimate of drug-likeness (QED) is 0.263. The number of benzene rings is 3. The Bertz CT molecular complexity index is 1270. The van der Waals surface area contributed by atoms with Gasteiger partial charge in [-0.25, -0.2) is 5.01 Å². The molecule has 0 saturated carbocycles. The molecule has 4 aromatic rings. The number of halogens is 2. The number of anilines is 1. The Hall–Kier alpha value is -3.84. The molecule has 0 unspecified atom stereocenters. The molecule has 6 nitrogen and oxygen atoms in total.